The Morgan fingerprint density at radius 1 is 0.844 bits per heavy atom. The number of amides is 1. The zero-order valence-corrected chi connectivity index (χ0v) is 20.6. The van der Waals surface area contributed by atoms with Gasteiger partial charge in [-0.2, -0.15) is 21.3 Å². The lowest BCUT2D eigenvalue weighted by atomic mass is 10.2. The van der Waals surface area contributed by atoms with E-state index < -0.39 is 20.2 Å². The molecule has 180 valence electrons. The van der Waals surface area contributed by atoms with Crippen LogP contribution in [0, 0.1) is 0 Å². The molecule has 11 heteroatoms. The molecular weight excluding hydrogens is 452 g/mol. The topological polar surface area (TPSA) is 98.3 Å². The van der Waals surface area contributed by atoms with Gasteiger partial charge in [-0.25, -0.2) is 8.42 Å². The van der Waals surface area contributed by atoms with Crippen LogP contribution >= 0.6 is 0 Å². The van der Waals surface area contributed by atoms with E-state index in [4.69, 9.17) is 0 Å². The highest BCUT2D eigenvalue weighted by atomic mass is 32.2. The van der Waals surface area contributed by atoms with Crippen molar-refractivity contribution in [3.63, 3.8) is 0 Å². The van der Waals surface area contributed by atoms with Crippen LogP contribution in [-0.4, -0.2) is 92.9 Å². The van der Waals surface area contributed by atoms with Crippen LogP contribution in [0.3, 0.4) is 0 Å². The highest BCUT2D eigenvalue weighted by Gasteiger charge is 2.33. The SMILES string of the molecule is CCN(CC)S(=O)(=O)N1CCN(C(=O)c2cccc(S(=O)(=O)N3CCCCCC3)c2)CC1. The monoisotopic (exact) mass is 486 g/mol. The molecule has 2 saturated heterocycles. The molecule has 2 aliphatic rings. The van der Waals surface area contributed by atoms with Crippen molar-refractivity contribution in [2.24, 2.45) is 0 Å². The Kier molecular flexibility index (Phi) is 8.31. The van der Waals surface area contributed by atoms with Crippen molar-refractivity contribution in [2.45, 2.75) is 44.4 Å². The van der Waals surface area contributed by atoms with E-state index in [2.05, 4.69) is 0 Å². The van der Waals surface area contributed by atoms with Crippen molar-refractivity contribution in [3.05, 3.63) is 29.8 Å². The van der Waals surface area contributed by atoms with Gasteiger partial charge in [0.05, 0.1) is 4.90 Å². The van der Waals surface area contributed by atoms with Crippen molar-refractivity contribution in [3.8, 4) is 0 Å². The van der Waals surface area contributed by atoms with E-state index in [-0.39, 0.29) is 37.0 Å². The van der Waals surface area contributed by atoms with Crippen molar-refractivity contribution < 1.29 is 21.6 Å². The number of piperazine rings is 1. The predicted molar refractivity (Wildman–Crippen MR) is 123 cm³/mol. The van der Waals surface area contributed by atoms with Crippen LogP contribution in [-0.2, 0) is 20.2 Å². The third-order valence-electron chi connectivity index (χ3n) is 6.17. The zero-order valence-electron chi connectivity index (χ0n) is 18.9. The molecular formula is C21H34N4O5S2. The lowest BCUT2D eigenvalue weighted by molar-refractivity contribution is 0.0694. The fraction of sp³-hybridized carbons (Fsp3) is 0.667. The van der Waals surface area contributed by atoms with Gasteiger partial charge in [0, 0.05) is 57.9 Å². The second kappa shape index (κ2) is 10.6. The van der Waals surface area contributed by atoms with Gasteiger partial charge in [-0.3, -0.25) is 4.79 Å². The van der Waals surface area contributed by atoms with E-state index in [1.807, 2.05) is 0 Å². The number of nitrogens with zero attached hydrogens (tertiary/aromatic N) is 4. The van der Waals surface area contributed by atoms with E-state index in [1.165, 1.54) is 25.0 Å². The van der Waals surface area contributed by atoms with Gasteiger partial charge in [0.2, 0.25) is 10.0 Å². The minimum Gasteiger partial charge on any atom is -0.336 e. The Hall–Kier alpha value is -1.53. The van der Waals surface area contributed by atoms with Crippen LogP contribution in [0.15, 0.2) is 29.2 Å². The fourth-order valence-corrected chi connectivity index (χ4v) is 7.41. The van der Waals surface area contributed by atoms with E-state index in [0.717, 1.165) is 25.7 Å². The molecule has 0 aromatic heterocycles. The average molecular weight is 487 g/mol. The molecule has 0 spiro atoms. The molecule has 2 heterocycles. The Bertz CT molecular complexity index is 993. The first-order chi connectivity index (χ1) is 15.2. The lowest BCUT2D eigenvalue weighted by Crippen LogP contribution is -2.54. The molecule has 2 aliphatic heterocycles. The molecule has 32 heavy (non-hydrogen) atoms. The Labute approximate surface area is 192 Å². The number of carbonyl (C=O) groups is 1. The van der Waals surface area contributed by atoms with Gasteiger partial charge in [-0.15, -0.1) is 0 Å². The smallest absolute Gasteiger partial charge is 0.282 e. The van der Waals surface area contributed by atoms with Crippen LogP contribution in [0.2, 0.25) is 0 Å². The molecule has 0 unspecified atom stereocenters. The fourth-order valence-electron chi connectivity index (χ4n) is 4.24. The number of hydrogen-bond acceptors (Lipinski definition) is 5. The summed E-state index contributed by atoms with van der Waals surface area (Å²) < 4.78 is 55.9. The van der Waals surface area contributed by atoms with E-state index >= 15 is 0 Å². The second-order valence-corrected chi connectivity index (χ2v) is 12.0. The van der Waals surface area contributed by atoms with Gasteiger partial charge in [0.15, 0.2) is 0 Å². The van der Waals surface area contributed by atoms with Crippen LogP contribution in [0.4, 0.5) is 0 Å². The van der Waals surface area contributed by atoms with Gasteiger partial charge < -0.3 is 4.90 Å². The summed E-state index contributed by atoms with van der Waals surface area (Å²) in [5.74, 6) is -0.280. The Morgan fingerprint density at radius 3 is 2.00 bits per heavy atom. The highest BCUT2D eigenvalue weighted by Crippen LogP contribution is 2.22. The summed E-state index contributed by atoms with van der Waals surface area (Å²) in [6.45, 7) is 6.37. The van der Waals surface area contributed by atoms with E-state index in [9.17, 15) is 21.6 Å². The minimum absolute atomic E-state index is 0.132. The Balaban J connectivity index is 1.70. The van der Waals surface area contributed by atoms with Gasteiger partial charge in [-0.1, -0.05) is 32.8 Å². The molecule has 9 nitrogen and oxygen atoms in total. The predicted octanol–water partition coefficient (Wildman–Crippen LogP) is 1.60. The number of rotatable bonds is 7. The summed E-state index contributed by atoms with van der Waals surface area (Å²) in [6, 6.07) is 6.19. The van der Waals surface area contributed by atoms with Gasteiger partial charge in [0.25, 0.3) is 16.1 Å². The molecule has 1 aromatic carbocycles. The highest BCUT2D eigenvalue weighted by molar-refractivity contribution is 7.89. The van der Waals surface area contributed by atoms with Crippen molar-refractivity contribution in [1.29, 1.82) is 0 Å². The van der Waals surface area contributed by atoms with E-state index in [1.54, 1.807) is 30.9 Å². The molecule has 0 bridgehead atoms. The summed E-state index contributed by atoms with van der Waals surface area (Å²) in [4.78, 5) is 14.8. The molecule has 1 amide bonds. The standard InChI is InChI=1S/C21H34N4O5S2/c1-3-23(4-2)32(29,30)25-16-14-22(15-17-25)21(26)19-10-9-11-20(18-19)31(27,28)24-12-7-5-6-8-13-24/h9-11,18H,3-8,12-17H2,1-2H3. The van der Waals surface area contributed by atoms with Gasteiger partial charge >= 0.3 is 0 Å². The molecule has 0 saturated carbocycles. The number of carbonyl (C=O) groups excluding carboxylic acids is 1. The molecule has 0 aliphatic carbocycles. The minimum atomic E-state index is -3.65. The van der Waals surface area contributed by atoms with Crippen LogP contribution in [0.25, 0.3) is 0 Å². The molecule has 2 fully saturated rings. The lowest BCUT2D eigenvalue weighted by Gasteiger charge is -2.36. The van der Waals surface area contributed by atoms with Crippen LogP contribution < -0.4 is 0 Å². The number of benzene rings is 1. The summed E-state index contributed by atoms with van der Waals surface area (Å²) in [7, 11) is -7.18. The molecule has 1 aromatic rings. The largest absolute Gasteiger partial charge is 0.336 e. The third kappa shape index (κ3) is 5.33. The maximum Gasteiger partial charge on any atom is 0.282 e. The molecule has 3 rings (SSSR count). The molecule has 0 radical (unpaired) electrons. The van der Waals surface area contributed by atoms with Crippen molar-refractivity contribution >= 4 is 26.1 Å². The first kappa shape index (κ1) is 25.1. The average Bonchev–Trinajstić information content (AvgIpc) is 3.10. The Morgan fingerprint density at radius 2 is 1.44 bits per heavy atom. The second-order valence-electron chi connectivity index (χ2n) is 8.13. The van der Waals surface area contributed by atoms with E-state index in [0.29, 0.717) is 31.7 Å². The first-order valence-corrected chi connectivity index (χ1v) is 14.2. The maximum absolute atomic E-state index is 13.1. The van der Waals surface area contributed by atoms with Crippen LogP contribution in [0.1, 0.15) is 49.9 Å². The maximum atomic E-state index is 13.1. The summed E-state index contributed by atoms with van der Waals surface area (Å²) in [6.07, 6.45) is 3.75. The number of hydrogen-bond donors (Lipinski definition) is 0. The van der Waals surface area contributed by atoms with Crippen LogP contribution in [0.5, 0.6) is 0 Å². The van der Waals surface area contributed by atoms with Gasteiger partial charge in [-0.05, 0) is 31.0 Å². The van der Waals surface area contributed by atoms with Crippen molar-refractivity contribution in [1.82, 2.24) is 17.8 Å². The normalized spacial score (nSPS) is 19.8. The summed E-state index contributed by atoms with van der Waals surface area (Å²) in [5.41, 5.74) is 0.306. The number of sulfonamides is 1. The summed E-state index contributed by atoms with van der Waals surface area (Å²) >= 11 is 0. The molecule has 0 N–H and O–H groups in total. The molecule has 0 atom stereocenters. The van der Waals surface area contributed by atoms with Crippen molar-refractivity contribution in [2.75, 3.05) is 52.4 Å². The summed E-state index contributed by atoms with van der Waals surface area (Å²) in [5, 5.41) is 0. The quantitative estimate of drug-likeness (QED) is 0.583. The first-order valence-electron chi connectivity index (χ1n) is 11.4. The third-order valence-corrected chi connectivity index (χ3v) is 10.2. The van der Waals surface area contributed by atoms with Gasteiger partial charge in [0.1, 0.15) is 0 Å². The zero-order chi connectivity index (χ0) is 23.4.